The summed E-state index contributed by atoms with van der Waals surface area (Å²) < 4.78 is 1.95. The number of hydrogen-bond acceptors (Lipinski definition) is 3. The average Bonchev–Trinajstić information content (AvgIpc) is 2.75. The highest BCUT2D eigenvalue weighted by atomic mass is 32.1. The number of hydrogen-bond donors (Lipinski definition) is 1. The molecule has 0 spiro atoms. The molecular weight excluding hydrogens is 218 g/mol. The predicted molar refractivity (Wildman–Crippen MR) is 68.8 cm³/mol. The molecule has 0 saturated carbocycles. The normalized spacial score (nSPS) is 11.0. The lowest BCUT2D eigenvalue weighted by Gasteiger charge is -1.97. The Morgan fingerprint density at radius 2 is 2.19 bits per heavy atom. The first kappa shape index (κ1) is 11.4. The van der Waals surface area contributed by atoms with Gasteiger partial charge in [-0.05, 0) is 37.9 Å². The summed E-state index contributed by atoms with van der Waals surface area (Å²) >= 11 is 1.79. The van der Waals surface area contributed by atoms with Gasteiger partial charge in [-0.25, -0.2) is 0 Å². The zero-order valence-electron chi connectivity index (χ0n) is 10.2. The van der Waals surface area contributed by atoms with Crippen molar-refractivity contribution in [1.29, 1.82) is 0 Å². The van der Waals surface area contributed by atoms with E-state index in [2.05, 4.69) is 35.7 Å². The van der Waals surface area contributed by atoms with E-state index in [4.69, 9.17) is 0 Å². The van der Waals surface area contributed by atoms with E-state index in [0.717, 1.165) is 12.2 Å². The van der Waals surface area contributed by atoms with Crippen LogP contribution in [0.3, 0.4) is 0 Å². The van der Waals surface area contributed by atoms with Gasteiger partial charge in [0, 0.05) is 29.7 Å². The first-order valence-corrected chi connectivity index (χ1v) is 6.24. The minimum Gasteiger partial charge on any atom is -0.316 e. The van der Waals surface area contributed by atoms with Crippen molar-refractivity contribution in [1.82, 2.24) is 15.1 Å². The maximum Gasteiger partial charge on any atom is 0.0683 e. The van der Waals surface area contributed by atoms with Crippen LogP contribution in [0.15, 0.2) is 11.4 Å². The lowest BCUT2D eigenvalue weighted by Crippen LogP contribution is -2.03. The van der Waals surface area contributed by atoms with Crippen LogP contribution in [0.2, 0.25) is 0 Å². The molecule has 0 atom stereocenters. The lowest BCUT2D eigenvalue weighted by atomic mass is 10.1. The van der Waals surface area contributed by atoms with E-state index >= 15 is 0 Å². The molecule has 2 aromatic rings. The van der Waals surface area contributed by atoms with Crippen molar-refractivity contribution >= 4 is 11.3 Å². The largest absolute Gasteiger partial charge is 0.316 e. The number of aromatic nitrogens is 2. The summed E-state index contributed by atoms with van der Waals surface area (Å²) in [6.45, 7) is 5.11. The third-order valence-electron chi connectivity index (χ3n) is 2.79. The zero-order valence-corrected chi connectivity index (χ0v) is 11.0. The second-order valence-electron chi connectivity index (χ2n) is 4.02. The Hall–Kier alpha value is -1.13. The summed E-state index contributed by atoms with van der Waals surface area (Å²) in [7, 11) is 3.96. The monoisotopic (exact) mass is 235 g/mol. The highest BCUT2D eigenvalue weighted by molar-refractivity contribution is 7.13. The fourth-order valence-electron chi connectivity index (χ4n) is 1.93. The molecule has 0 bridgehead atoms. The first-order valence-electron chi connectivity index (χ1n) is 5.36. The molecule has 86 valence electrons. The van der Waals surface area contributed by atoms with Gasteiger partial charge in [-0.15, -0.1) is 11.3 Å². The van der Waals surface area contributed by atoms with Crippen molar-refractivity contribution in [3.05, 3.63) is 28.4 Å². The molecule has 0 amide bonds. The Kier molecular flexibility index (Phi) is 3.12. The Morgan fingerprint density at radius 3 is 2.75 bits per heavy atom. The van der Waals surface area contributed by atoms with Crippen LogP contribution < -0.4 is 5.32 Å². The van der Waals surface area contributed by atoms with E-state index in [1.165, 1.54) is 21.7 Å². The number of thiophene rings is 1. The molecule has 0 fully saturated rings. The zero-order chi connectivity index (χ0) is 11.7. The molecule has 0 aromatic carbocycles. The van der Waals surface area contributed by atoms with Crippen LogP contribution >= 0.6 is 11.3 Å². The molecule has 0 radical (unpaired) electrons. The fourth-order valence-corrected chi connectivity index (χ4v) is 3.00. The molecular formula is C12H17N3S. The highest BCUT2D eigenvalue weighted by Gasteiger charge is 2.13. The third kappa shape index (κ3) is 1.90. The van der Waals surface area contributed by atoms with Crippen molar-refractivity contribution in [3.63, 3.8) is 0 Å². The third-order valence-corrected chi connectivity index (χ3v) is 3.79. The molecule has 2 heterocycles. The average molecular weight is 235 g/mol. The van der Waals surface area contributed by atoms with E-state index in [0.29, 0.717) is 0 Å². The minimum absolute atomic E-state index is 0.925. The smallest absolute Gasteiger partial charge is 0.0683 e. The van der Waals surface area contributed by atoms with Crippen LogP contribution in [0, 0.1) is 13.8 Å². The molecule has 16 heavy (non-hydrogen) atoms. The van der Waals surface area contributed by atoms with Crippen LogP contribution in [0.1, 0.15) is 17.0 Å². The topological polar surface area (TPSA) is 29.9 Å². The van der Waals surface area contributed by atoms with Gasteiger partial charge in [0.05, 0.1) is 5.69 Å². The first-order chi connectivity index (χ1) is 7.63. The molecule has 0 aliphatic heterocycles. The quantitative estimate of drug-likeness (QED) is 0.885. The van der Waals surface area contributed by atoms with Gasteiger partial charge in [0.15, 0.2) is 0 Å². The van der Waals surface area contributed by atoms with Crippen molar-refractivity contribution in [2.24, 2.45) is 7.05 Å². The highest BCUT2D eigenvalue weighted by Crippen LogP contribution is 2.31. The molecule has 3 nitrogen and oxygen atoms in total. The Morgan fingerprint density at radius 1 is 1.44 bits per heavy atom. The van der Waals surface area contributed by atoms with Gasteiger partial charge in [-0.3, -0.25) is 4.68 Å². The van der Waals surface area contributed by atoms with E-state index in [1.54, 1.807) is 11.3 Å². The SMILES string of the molecule is CNCc1csc(-c2c(C)nn(C)c2C)c1. The van der Waals surface area contributed by atoms with Crippen molar-refractivity contribution in [2.75, 3.05) is 7.05 Å². The van der Waals surface area contributed by atoms with Crippen LogP contribution in [0.25, 0.3) is 10.4 Å². The van der Waals surface area contributed by atoms with Gasteiger partial charge in [0.25, 0.3) is 0 Å². The summed E-state index contributed by atoms with van der Waals surface area (Å²) in [5, 5.41) is 9.83. The molecule has 0 aliphatic rings. The number of nitrogens with zero attached hydrogens (tertiary/aromatic N) is 2. The van der Waals surface area contributed by atoms with Gasteiger partial charge >= 0.3 is 0 Å². The van der Waals surface area contributed by atoms with Crippen LogP contribution in [0.5, 0.6) is 0 Å². The summed E-state index contributed by atoms with van der Waals surface area (Å²) in [6, 6.07) is 2.25. The standard InChI is InChI=1S/C12H17N3S/c1-8-12(9(2)15(4)14-8)11-5-10(6-13-3)7-16-11/h5,7,13H,6H2,1-4H3. The maximum absolute atomic E-state index is 4.45. The van der Waals surface area contributed by atoms with Gasteiger partial charge in [0.2, 0.25) is 0 Å². The Balaban J connectivity index is 2.42. The summed E-state index contributed by atoms with van der Waals surface area (Å²) in [6.07, 6.45) is 0. The summed E-state index contributed by atoms with van der Waals surface area (Å²) in [4.78, 5) is 1.31. The summed E-state index contributed by atoms with van der Waals surface area (Å²) in [5.41, 5.74) is 4.97. The molecule has 2 rings (SSSR count). The number of nitrogens with one attached hydrogen (secondary N) is 1. The molecule has 2 aromatic heterocycles. The van der Waals surface area contributed by atoms with E-state index in [1.807, 2.05) is 18.8 Å². The van der Waals surface area contributed by atoms with Crippen LogP contribution in [-0.4, -0.2) is 16.8 Å². The van der Waals surface area contributed by atoms with Crippen LogP contribution in [-0.2, 0) is 13.6 Å². The molecule has 0 aliphatic carbocycles. The molecule has 0 unspecified atom stereocenters. The van der Waals surface area contributed by atoms with Crippen molar-refractivity contribution < 1.29 is 0 Å². The Labute approximate surface area is 100 Å². The Bertz CT molecular complexity index is 496. The molecule has 1 N–H and O–H groups in total. The number of rotatable bonds is 3. The van der Waals surface area contributed by atoms with E-state index in [9.17, 15) is 0 Å². The molecule has 0 saturated heterocycles. The van der Waals surface area contributed by atoms with Crippen molar-refractivity contribution in [3.8, 4) is 10.4 Å². The van der Waals surface area contributed by atoms with Gasteiger partial charge in [-0.2, -0.15) is 5.10 Å². The second-order valence-corrected chi connectivity index (χ2v) is 4.93. The van der Waals surface area contributed by atoms with Crippen molar-refractivity contribution in [2.45, 2.75) is 20.4 Å². The predicted octanol–water partition coefficient (Wildman–Crippen LogP) is 2.48. The van der Waals surface area contributed by atoms with E-state index < -0.39 is 0 Å². The van der Waals surface area contributed by atoms with Gasteiger partial charge in [-0.1, -0.05) is 0 Å². The van der Waals surface area contributed by atoms with Crippen LogP contribution in [0.4, 0.5) is 0 Å². The van der Waals surface area contributed by atoms with Gasteiger partial charge in [0.1, 0.15) is 0 Å². The summed E-state index contributed by atoms with van der Waals surface area (Å²) in [5.74, 6) is 0. The minimum atomic E-state index is 0.925. The molecule has 4 heteroatoms. The van der Waals surface area contributed by atoms with Gasteiger partial charge < -0.3 is 5.32 Å². The maximum atomic E-state index is 4.45. The number of aryl methyl sites for hydroxylation is 2. The fraction of sp³-hybridized carbons (Fsp3) is 0.417. The lowest BCUT2D eigenvalue weighted by molar-refractivity contribution is 0.731. The second kappa shape index (κ2) is 4.39. The van der Waals surface area contributed by atoms with E-state index in [-0.39, 0.29) is 0 Å².